The summed E-state index contributed by atoms with van der Waals surface area (Å²) < 4.78 is 0. The number of fused-ring (bicyclic) bond motifs is 1. The highest BCUT2D eigenvalue weighted by Gasteiger charge is 2.13. The van der Waals surface area contributed by atoms with Crippen LogP contribution in [0.3, 0.4) is 0 Å². The van der Waals surface area contributed by atoms with Crippen LogP contribution in [-0.2, 0) is 12.8 Å². The number of hydrazone groups is 1. The summed E-state index contributed by atoms with van der Waals surface area (Å²) in [6.07, 6.45) is 4.86. The van der Waals surface area contributed by atoms with E-state index in [2.05, 4.69) is 54.7 Å². The Labute approximate surface area is 186 Å². The molecular weight excluding hydrogens is 402 g/mol. The van der Waals surface area contributed by atoms with Crippen LogP contribution in [0.1, 0.15) is 45.9 Å². The maximum absolute atomic E-state index is 13.0. The van der Waals surface area contributed by atoms with Crippen LogP contribution < -0.4 is 5.43 Å². The van der Waals surface area contributed by atoms with Gasteiger partial charge < -0.3 is 0 Å². The first-order valence-corrected chi connectivity index (χ1v) is 11.4. The van der Waals surface area contributed by atoms with Gasteiger partial charge in [0.2, 0.25) is 0 Å². The van der Waals surface area contributed by atoms with Gasteiger partial charge >= 0.3 is 0 Å². The van der Waals surface area contributed by atoms with E-state index in [1.807, 2.05) is 36.4 Å². The minimum absolute atomic E-state index is 0.244. The molecule has 5 heteroatoms. The van der Waals surface area contributed by atoms with Crippen molar-refractivity contribution in [3.8, 4) is 11.3 Å². The van der Waals surface area contributed by atoms with Crippen molar-refractivity contribution in [2.24, 2.45) is 5.10 Å². The Morgan fingerprint density at radius 1 is 1.06 bits per heavy atom. The van der Waals surface area contributed by atoms with Gasteiger partial charge in [0.25, 0.3) is 5.91 Å². The van der Waals surface area contributed by atoms with Gasteiger partial charge in [-0.3, -0.25) is 4.79 Å². The van der Waals surface area contributed by atoms with Gasteiger partial charge in [0.05, 0.1) is 23.0 Å². The first kappa shape index (κ1) is 20.9. The topological polar surface area (TPSA) is 54.4 Å². The number of carbonyl (C=O) groups is 1. The Hall–Kier alpha value is -3.31. The van der Waals surface area contributed by atoms with E-state index in [4.69, 9.17) is 4.98 Å². The summed E-state index contributed by atoms with van der Waals surface area (Å²) in [7, 11) is 0. The molecule has 0 aliphatic carbocycles. The maximum atomic E-state index is 13.0. The van der Waals surface area contributed by atoms with Crippen molar-refractivity contribution in [2.45, 2.75) is 33.1 Å². The predicted octanol–water partition coefficient (Wildman–Crippen LogP) is 6.24. The normalized spacial score (nSPS) is 11.3. The largest absolute Gasteiger partial charge is 0.272 e. The van der Waals surface area contributed by atoms with Crippen molar-refractivity contribution < 1.29 is 4.79 Å². The summed E-state index contributed by atoms with van der Waals surface area (Å²) in [5.41, 5.74) is 7.11. The number of pyridine rings is 1. The SMILES string of the molecule is CCCc1ccc(-c2cc(C(=O)N/N=C/c3ccc(CC)s3)c3ccccc3n2)cc1. The van der Waals surface area contributed by atoms with Crippen LogP contribution in [0.25, 0.3) is 22.2 Å². The van der Waals surface area contributed by atoms with Gasteiger partial charge in [-0.2, -0.15) is 5.10 Å². The van der Waals surface area contributed by atoms with Crippen LogP contribution in [0.2, 0.25) is 0 Å². The molecule has 4 nitrogen and oxygen atoms in total. The molecule has 0 saturated heterocycles. The summed E-state index contributed by atoms with van der Waals surface area (Å²) in [5, 5.41) is 4.98. The molecule has 0 spiro atoms. The lowest BCUT2D eigenvalue weighted by Crippen LogP contribution is -2.18. The fraction of sp³-hybridized carbons (Fsp3) is 0.192. The lowest BCUT2D eigenvalue weighted by molar-refractivity contribution is 0.0956. The second kappa shape index (κ2) is 9.67. The van der Waals surface area contributed by atoms with E-state index >= 15 is 0 Å². The minimum atomic E-state index is -0.244. The lowest BCUT2D eigenvalue weighted by atomic mass is 10.0. The quantitative estimate of drug-likeness (QED) is 0.280. The number of carbonyl (C=O) groups excluding carboxylic acids is 1. The Bertz CT molecular complexity index is 1230. The van der Waals surface area contributed by atoms with Crippen molar-refractivity contribution >= 4 is 34.4 Å². The molecule has 4 rings (SSSR count). The molecule has 0 bridgehead atoms. The molecule has 1 N–H and O–H groups in total. The molecule has 0 saturated carbocycles. The molecule has 1 amide bonds. The highest BCUT2D eigenvalue weighted by Crippen LogP contribution is 2.25. The van der Waals surface area contributed by atoms with Crippen LogP contribution >= 0.6 is 11.3 Å². The zero-order chi connectivity index (χ0) is 21.6. The van der Waals surface area contributed by atoms with Gasteiger partial charge in [-0.15, -0.1) is 11.3 Å². The zero-order valence-corrected chi connectivity index (χ0v) is 18.6. The number of rotatable bonds is 7. The van der Waals surface area contributed by atoms with Crippen molar-refractivity contribution in [2.75, 3.05) is 0 Å². The van der Waals surface area contributed by atoms with Gasteiger partial charge in [0.1, 0.15) is 0 Å². The first-order valence-electron chi connectivity index (χ1n) is 10.6. The van der Waals surface area contributed by atoms with E-state index in [9.17, 15) is 4.79 Å². The number of nitrogens with one attached hydrogen (secondary N) is 1. The zero-order valence-electron chi connectivity index (χ0n) is 17.8. The number of amides is 1. The fourth-order valence-electron chi connectivity index (χ4n) is 3.51. The summed E-state index contributed by atoms with van der Waals surface area (Å²) in [6, 6.07) is 22.1. The van der Waals surface area contributed by atoms with E-state index in [1.165, 1.54) is 10.4 Å². The van der Waals surface area contributed by atoms with Crippen molar-refractivity contribution in [3.63, 3.8) is 0 Å². The number of aryl methyl sites for hydroxylation is 2. The number of nitrogens with zero attached hydrogens (tertiary/aromatic N) is 2. The number of aromatic nitrogens is 1. The Morgan fingerprint density at radius 2 is 1.87 bits per heavy atom. The molecule has 0 atom stereocenters. The molecule has 2 aromatic heterocycles. The predicted molar refractivity (Wildman–Crippen MR) is 130 cm³/mol. The highest BCUT2D eigenvalue weighted by atomic mass is 32.1. The van der Waals surface area contributed by atoms with Crippen molar-refractivity contribution in [1.82, 2.24) is 10.4 Å². The average Bonchev–Trinajstić information content (AvgIpc) is 3.27. The number of hydrogen-bond acceptors (Lipinski definition) is 4. The van der Waals surface area contributed by atoms with E-state index in [-0.39, 0.29) is 5.91 Å². The molecule has 156 valence electrons. The Balaban J connectivity index is 1.63. The van der Waals surface area contributed by atoms with Crippen LogP contribution in [0.15, 0.2) is 71.8 Å². The first-order chi connectivity index (χ1) is 15.2. The molecule has 31 heavy (non-hydrogen) atoms. The Morgan fingerprint density at radius 3 is 2.61 bits per heavy atom. The molecule has 4 aromatic rings. The summed E-state index contributed by atoms with van der Waals surface area (Å²) >= 11 is 1.68. The van der Waals surface area contributed by atoms with Crippen LogP contribution in [0, 0.1) is 0 Å². The third-order valence-corrected chi connectivity index (χ3v) is 6.30. The van der Waals surface area contributed by atoms with Crippen molar-refractivity contribution in [1.29, 1.82) is 0 Å². The monoisotopic (exact) mass is 427 g/mol. The molecule has 0 fully saturated rings. The van der Waals surface area contributed by atoms with Crippen LogP contribution in [-0.4, -0.2) is 17.1 Å². The number of para-hydroxylation sites is 1. The lowest BCUT2D eigenvalue weighted by Gasteiger charge is -2.09. The molecule has 0 aliphatic heterocycles. The molecule has 2 aromatic carbocycles. The molecule has 0 aliphatic rings. The van der Waals surface area contributed by atoms with E-state index in [1.54, 1.807) is 17.6 Å². The Kier molecular flexibility index (Phi) is 6.53. The molecule has 2 heterocycles. The summed E-state index contributed by atoms with van der Waals surface area (Å²) in [5.74, 6) is -0.244. The van der Waals surface area contributed by atoms with Gasteiger partial charge in [-0.05, 0) is 42.7 Å². The van der Waals surface area contributed by atoms with Gasteiger partial charge in [-0.1, -0.05) is 62.7 Å². The van der Waals surface area contributed by atoms with Gasteiger partial charge in [-0.25, -0.2) is 10.4 Å². The second-order valence-electron chi connectivity index (χ2n) is 7.38. The van der Waals surface area contributed by atoms with E-state index < -0.39 is 0 Å². The van der Waals surface area contributed by atoms with Gasteiger partial charge in [0.15, 0.2) is 0 Å². The van der Waals surface area contributed by atoms with E-state index in [0.29, 0.717) is 5.56 Å². The molecular formula is C26H25N3OS. The number of thiophene rings is 1. The molecule has 0 unspecified atom stereocenters. The van der Waals surface area contributed by atoms with Crippen LogP contribution in [0.5, 0.6) is 0 Å². The fourth-order valence-corrected chi connectivity index (χ4v) is 4.34. The smallest absolute Gasteiger partial charge is 0.267 e. The van der Waals surface area contributed by atoms with E-state index in [0.717, 1.165) is 46.3 Å². The van der Waals surface area contributed by atoms with Crippen LogP contribution in [0.4, 0.5) is 0 Å². The standard InChI is InChI=1S/C26H25N3OS/c1-3-7-18-10-12-19(13-11-18)25-16-23(22-8-5-6-9-24(22)28-25)26(30)29-27-17-21-15-14-20(4-2)31-21/h5-6,8-17H,3-4,7H2,1-2H3,(H,29,30)/b27-17+. The summed E-state index contributed by atoms with van der Waals surface area (Å²) in [6.45, 7) is 4.30. The summed E-state index contributed by atoms with van der Waals surface area (Å²) in [4.78, 5) is 20.1. The number of hydrogen-bond donors (Lipinski definition) is 1. The third-order valence-electron chi connectivity index (χ3n) is 5.14. The second-order valence-corrected chi connectivity index (χ2v) is 8.58. The maximum Gasteiger partial charge on any atom is 0.272 e. The minimum Gasteiger partial charge on any atom is -0.267 e. The third kappa shape index (κ3) is 4.89. The van der Waals surface area contributed by atoms with Crippen molar-refractivity contribution in [3.05, 3.63) is 87.6 Å². The molecule has 0 radical (unpaired) electrons. The van der Waals surface area contributed by atoms with Gasteiger partial charge in [0, 0.05) is 20.7 Å². The average molecular weight is 428 g/mol. The number of benzene rings is 2. The highest BCUT2D eigenvalue weighted by molar-refractivity contribution is 7.13.